The highest BCUT2D eigenvalue weighted by atomic mass is 19.4. The van der Waals surface area contributed by atoms with E-state index in [1.807, 2.05) is 13.8 Å². The van der Waals surface area contributed by atoms with E-state index >= 15 is 0 Å². The molecular formula is C13H15F3N2O3. The Morgan fingerprint density at radius 1 is 1.48 bits per heavy atom. The number of rotatable bonds is 3. The second-order valence-electron chi connectivity index (χ2n) is 5.29. The average molecular weight is 304 g/mol. The summed E-state index contributed by atoms with van der Waals surface area (Å²) in [6, 6.07) is 2.47. The fourth-order valence-electron chi connectivity index (χ4n) is 2.27. The quantitative estimate of drug-likeness (QED) is 0.684. The topological polar surface area (TPSA) is 64.4 Å². The number of anilines is 1. The summed E-state index contributed by atoms with van der Waals surface area (Å²) in [5, 5.41) is 14.0. The van der Waals surface area contributed by atoms with Gasteiger partial charge in [-0.1, -0.05) is 0 Å². The number of nitro benzene ring substituents is 1. The highest BCUT2D eigenvalue weighted by Crippen LogP contribution is 2.37. The number of halogens is 3. The molecule has 5 nitrogen and oxygen atoms in total. The molecule has 2 unspecified atom stereocenters. The molecule has 0 aromatic heterocycles. The van der Waals surface area contributed by atoms with Crippen LogP contribution in [0.2, 0.25) is 0 Å². The summed E-state index contributed by atoms with van der Waals surface area (Å²) in [6.45, 7) is 4.14. The fraction of sp³-hybridized carbons (Fsp3) is 0.538. The molecule has 1 heterocycles. The zero-order valence-electron chi connectivity index (χ0n) is 11.5. The van der Waals surface area contributed by atoms with Crippen LogP contribution in [-0.4, -0.2) is 23.2 Å². The Morgan fingerprint density at radius 3 is 2.62 bits per heavy atom. The first kappa shape index (κ1) is 15.6. The van der Waals surface area contributed by atoms with E-state index in [9.17, 15) is 23.3 Å². The van der Waals surface area contributed by atoms with Crippen molar-refractivity contribution in [1.29, 1.82) is 0 Å². The third kappa shape index (κ3) is 3.10. The molecule has 0 radical (unpaired) electrons. The molecule has 2 atom stereocenters. The van der Waals surface area contributed by atoms with Crippen LogP contribution in [0.4, 0.5) is 24.5 Å². The van der Waals surface area contributed by atoms with Crippen LogP contribution in [-0.2, 0) is 10.9 Å². The van der Waals surface area contributed by atoms with E-state index in [4.69, 9.17) is 4.74 Å². The van der Waals surface area contributed by atoms with Gasteiger partial charge in [-0.15, -0.1) is 0 Å². The van der Waals surface area contributed by atoms with E-state index in [0.29, 0.717) is 19.1 Å². The fourth-order valence-corrected chi connectivity index (χ4v) is 2.27. The highest BCUT2D eigenvalue weighted by molar-refractivity contribution is 5.64. The van der Waals surface area contributed by atoms with Gasteiger partial charge in [-0.3, -0.25) is 10.1 Å². The lowest BCUT2D eigenvalue weighted by molar-refractivity contribution is -0.384. The third-order valence-electron chi connectivity index (χ3n) is 3.83. The molecule has 1 aromatic rings. The zero-order chi connectivity index (χ0) is 15.8. The van der Waals surface area contributed by atoms with E-state index < -0.39 is 27.9 Å². The summed E-state index contributed by atoms with van der Waals surface area (Å²) in [6.07, 6.45) is -4.19. The van der Waals surface area contributed by atoms with Gasteiger partial charge in [0.25, 0.3) is 5.69 Å². The van der Waals surface area contributed by atoms with E-state index in [1.165, 1.54) is 0 Å². The van der Waals surface area contributed by atoms with Crippen LogP contribution in [0.25, 0.3) is 0 Å². The van der Waals surface area contributed by atoms with E-state index in [1.54, 1.807) is 0 Å². The van der Waals surface area contributed by atoms with Gasteiger partial charge in [0.15, 0.2) is 0 Å². The lowest BCUT2D eigenvalue weighted by atomic mass is 9.94. The number of alkyl halides is 3. The minimum Gasteiger partial charge on any atom is -0.376 e. The second kappa shape index (κ2) is 5.18. The smallest absolute Gasteiger partial charge is 0.376 e. The normalized spacial score (nSPS) is 25.9. The minimum absolute atomic E-state index is 0.0628. The standard InChI is InChI=1S/C13H15F3N2O3/c1-8-12(2,5-6-21-8)17-10-4-3-9(13(14,15)16)7-11(10)18(19)20/h3-4,7-8,17H,5-6H2,1-2H3. The molecule has 2 rings (SSSR count). The van der Waals surface area contributed by atoms with Crippen molar-refractivity contribution in [3.8, 4) is 0 Å². The molecule has 21 heavy (non-hydrogen) atoms. The Hall–Kier alpha value is -1.83. The molecule has 0 aliphatic carbocycles. The van der Waals surface area contributed by atoms with E-state index in [-0.39, 0.29) is 11.8 Å². The Balaban J connectivity index is 2.38. The van der Waals surface area contributed by atoms with Crippen molar-refractivity contribution < 1.29 is 22.8 Å². The van der Waals surface area contributed by atoms with Crippen molar-refractivity contribution in [2.45, 2.75) is 38.1 Å². The molecular weight excluding hydrogens is 289 g/mol. The van der Waals surface area contributed by atoms with Gasteiger partial charge >= 0.3 is 6.18 Å². The maximum absolute atomic E-state index is 12.6. The Kier molecular flexibility index (Phi) is 3.83. The molecule has 116 valence electrons. The van der Waals surface area contributed by atoms with Crippen LogP contribution < -0.4 is 5.32 Å². The molecule has 1 aliphatic heterocycles. The van der Waals surface area contributed by atoms with E-state index in [2.05, 4.69) is 5.32 Å². The Labute approximate surface area is 119 Å². The Bertz CT molecular complexity index is 562. The number of benzene rings is 1. The predicted octanol–water partition coefficient (Wildman–Crippen LogP) is 3.59. The number of nitro groups is 1. The molecule has 0 bridgehead atoms. The van der Waals surface area contributed by atoms with Crippen LogP contribution in [0.1, 0.15) is 25.8 Å². The maximum atomic E-state index is 12.6. The summed E-state index contributed by atoms with van der Waals surface area (Å²) in [5.41, 5.74) is -2.12. The lowest BCUT2D eigenvalue weighted by Crippen LogP contribution is -2.41. The van der Waals surface area contributed by atoms with Gasteiger partial charge in [0, 0.05) is 12.7 Å². The van der Waals surface area contributed by atoms with Crippen LogP contribution in [0.15, 0.2) is 18.2 Å². The number of nitrogens with one attached hydrogen (secondary N) is 1. The largest absolute Gasteiger partial charge is 0.416 e. The number of ether oxygens (including phenoxy) is 1. The van der Waals surface area contributed by atoms with Gasteiger partial charge in [-0.25, -0.2) is 0 Å². The summed E-state index contributed by atoms with van der Waals surface area (Å²) in [5.74, 6) is 0. The van der Waals surface area contributed by atoms with Crippen molar-refractivity contribution in [3.63, 3.8) is 0 Å². The van der Waals surface area contributed by atoms with Crippen molar-refractivity contribution in [2.75, 3.05) is 11.9 Å². The summed E-state index contributed by atoms with van der Waals surface area (Å²) >= 11 is 0. The van der Waals surface area contributed by atoms with Gasteiger partial charge in [-0.2, -0.15) is 13.2 Å². The number of hydrogen-bond donors (Lipinski definition) is 1. The maximum Gasteiger partial charge on any atom is 0.416 e. The van der Waals surface area contributed by atoms with Gasteiger partial charge in [0.2, 0.25) is 0 Å². The summed E-state index contributed by atoms with van der Waals surface area (Å²) in [7, 11) is 0. The SMILES string of the molecule is CC1OCCC1(C)Nc1ccc(C(F)(F)F)cc1[N+](=O)[O-]. The average Bonchev–Trinajstić information content (AvgIpc) is 2.68. The highest BCUT2D eigenvalue weighted by Gasteiger charge is 2.39. The first-order chi connectivity index (χ1) is 9.63. The molecule has 1 N–H and O–H groups in total. The van der Waals surface area contributed by atoms with Crippen LogP contribution >= 0.6 is 0 Å². The van der Waals surface area contributed by atoms with Crippen molar-refractivity contribution >= 4 is 11.4 Å². The Morgan fingerprint density at radius 2 is 2.14 bits per heavy atom. The molecule has 1 fully saturated rings. The van der Waals surface area contributed by atoms with Crippen LogP contribution in [0.3, 0.4) is 0 Å². The van der Waals surface area contributed by atoms with Crippen molar-refractivity contribution in [1.82, 2.24) is 0 Å². The van der Waals surface area contributed by atoms with Gasteiger partial charge in [0.1, 0.15) is 5.69 Å². The number of nitrogens with zero attached hydrogens (tertiary/aromatic N) is 1. The minimum atomic E-state index is -4.61. The molecule has 1 saturated heterocycles. The molecule has 8 heteroatoms. The van der Waals surface area contributed by atoms with Crippen molar-refractivity contribution in [3.05, 3.63) is 33.9 Å². The summed E-state index contributed by atoms with van der Waals surface area (Å²) in [4.78, 5) is 10.2. The monoisotopic (exact) mass is 304 g/mol. The lowest BCUT2D eigenvalue weighted by Gasteiger charge is -2.30. The third-order valence-corrected chi connectivity index (χ3v) is 3.83. The second-order valence-corrected chi connectivity index (χ2v) is 5.29. The zero-order valence-corrected chi connectivity index (χ0v) is 11.5. The molecule has 0 spiro atoms. The predicted molar refractivity (Wildman–Crippen MR) is 70.2 cm³/mol. The first-order valence-electron chi connectivity index (χ1n) is 6.39. The van der Waals surface area contributed by atoms with Crippen LogP contribution in [0, 0.1) is 10.1 Å². The molecule has 0 saturated carbocycles. The van der Waals surface area contributed by atoms with Crippen molar-refractivity contribution in [2.24, 2.45) is 0 Å². The summed E-state index contributed by atoms with van der Waals surface area (Å²) < 4.78 is 43.3. The number of hydrogen-bond acceptors (Lipinski definition) is 4. The molecule has 1 aliphatic rings. The van der Waals surface area contributed by atoms with Crippen LogP contribution in [0.5, 0.6) is 0 Å². The first-order valence-corrected chi connectivity index (χ1v) is 6.39. The van der Waals surface area contributed by atoms with Gasteiger partial charge in [0.05, 0.1) is 22.1 Å². The van der Waals surface area contributed by atoms with Gasteiger partial charge in [-0.05, 0) is 32.4 Å². The van der Waals surface area contributed by atoms with Gasteiger partial charge < -0.3 is 10.1 Å². The molecule has 1 aromatic carbocycles. The molecule has 0 amide bonds. The van der Waals surface area contributed by atoms with E-state index in [0.717, 1.165) is 12.1 Å².